The molecule has 0 unspecified atom stereocenters. The van der Waals surface area contributed by atoms with E-state index < -0.39 is 5.97 Å². The Morgan fingerprint density at radius 3 is 2.42 bits per heavy atom. The van der Waals surface area contributed by atoms with Gasteiger partial charge in [-0.1, -0.05) is 51.9 Å². The first kappa shape index (κ1) is 23.5. The van der Waals surface area contributed by atoms with E-state index in [1.807, 2.05) is 11.8 Å². The quantitative estimate of drug-likeness (QED) is 0.346. The predicted octanol–water partition coefficient (Wildman–Crippen LogP) is 7.46. The average molecular weight is 435 g/mol. The number of hydrogen-bond acceptors (Lipinski definition) is 2. The summed E-state index contributed by atoms with van der Waals surface area (Å²) in [4.78, 5) is 12.6. The molecule has 3 rings (SSSR count). The van der Waals surface area contributed by atoms with Crippen molar-refractivity contribution in [1.82, 2.24) is 0 Å². The lowest BCUT2D eigenvalue weighted by Crippen LogP contribution is -2.29. The fourth-order valence-corrected chi connectivity index (χ4v) is 5.90. The second kappa shape index (κ2) is 10.9. The summed E-state index contributed by atoms with van der Waals surface area (Å²) in [5.74, 6) is 7.03. The molecule has 0 spiro atoms. The van der Waals surface area contributed by atoms with Gasteiger partial charge in [0, 0.05) is 16.0 Å². The molecule has 0 radical (unpaired) electrons. The van der Waals surface area contributed by atoms with Crippen LogP contribution in [0.4, 0.5) is 0 Å². The molecule has 3 heteroatoms. The second-order valence-corrected chi connectivity index (χ2v) is 9.67. The van der Waals surface area contributed by atoms with E-state index in [1.54, 1.807) is 24.3 Å². The van der Waals surface area contributed by atoms with E-state index in [4.69, 9.17) is 5.11 Å². The van der Waals surface area contributed by atoms with Crippen LogP contribution in [-0.4, -0.2) is 16.8 Å². The number of carbonyl (C=O) groups is 1. The maximum Gasteiger partial charge on any atom is 0.335 e. The summed E-state index contributed by atoms with van der Waals surface area (Å²) in [6, 6.07) is 11.6. The number of benzene rings is 2. The van der Waals surface area contributed by atoms with E-state index in [-0.39, 0.29) is 5.41 Å². The smallest absolute Gasteiger partial charge is 0.335 e. The lowest BCUT2D eigenvalue weighted by molar-refractivity contribution is 0.0697. The van der Waals surface area contributed by atoms with Gasteiger partial charge >= 0.3 is 5.97 Å². The van der Waals surface area contributed by atoms with Crippen LogP contribution in [0.1, 0.15) is 98.3 Å². The van der Waals surface area contributed by atoms with Crippen molar-refractivity contribution in [2.75, 3.05) is 5.75 Å². The zero-order valence-corrected chi connectivity index (χ0v) is 19.9. The topological polar surface area (TPSA) is 37.3 Å². The first-order valence-electron chi connectivity index (χ1n) is 11.7. The minimum Gasteiger partial charge on any atom is -0.478 e. The Morgan fingerprint density at radius 1 is 1.03 bits per heavy atom. The van der Waals surface area contributed by atoms with Gasteiger partial charge in [0.1, 0.15) is 0 Å². The van der Waals surface area contributed by atoms with Crippen molar-refractivity contribution in [2.24, 2.45) is 0 Å². The van der Waals surface area contributed by atoms with E-state index in [9.17, 15) is 4.79 Å². The van der Waals surface area contributed by atoms with Gasteiger partial charge in [-0.2, -0.15) is 0 Å². The van der Waals surface area contributed by atoms with Crippen molar-refractivity contribution in [3.8, 4) is 11.8 Å². The Bertz CT molecular complexity index is 959. The average Bonchev–Trinajstić information content (AvgIpc) is 2.80. The van der Waals surface area contributed by atoms with E-state index >= 15 is 0 Å². The molecule has 1 aliphatic rings. The SMILES string of the molecule is CCCCCCc1cc2c(cc1C#Cc1ccc(C(=O)O)cc1)C(CC)(CC)CCS2. The van der Waals surface area contributed by atoms with E-state index in [0.717, 1.165) is 30.4 Å². The molecule has 31 heavy (non-hydrogen) atoms. The van der Waals surface area contributed by atoms with Crippen LogP contribution in [0, 0.1) is 11.8 Å². The van der Waals surface area contributed by atoms with Gasteiger partial charge in [-0.05, 0) is 90.8 Å². The van der Waals surface area contributed by atoms with Gasteiger partial charge in [0.05, 0.1) is 5.56 Å². The number of unbranched alkanes of at least 4 members (excludes halogenated alkanes) is 3. The lowest BCUT2D eigenvalue weighted by Gasteiger charge is -2.38. The summed E-state index contributed by atoms with van der Waals surface area (Å²) < 4.78 is 0. The zero-order chi connectivity index (χ0) is 22.3. The number of hydrogen-bond donors (Lipinski definition) is 1. The molecule has 1 heterocycles. The maximum absolute atomic E-state index is 11.1. The third kappa shape index (κ3) is 5.55. The molecule has 2 nitrogen and oxygen atoms in total. The predicted molar refractivity (Wildman–Crippen MR) is 131 cm³/mol. The number of rotatable bonds is 8. The summed E-state index contributed by atoms with van der Waals surface area (Å²) in [5.41, 5.74) is 5.40. The third-order valence-corrected chi connectivity index (χ3v) is 7.80. The fourth-order valence-electron chi connectivity index (χ4n) is 4.53. The van der Waals surface area contributed by atoms with Gasteiger partial charge < -0.3 is 5.11 Å². The van der Waals surface area contributed by atoms with Crippen molar-refractivity contribution in [2.45, 2.75) is 82.4 Å². The number of aromatic carboxylic acids is 1. The van der Waals surface area contributed by atoms with Crippen LogP contribution in [-0.2, 0) is 11.8 Å². The molecule has 0 fully saturated rings. The standard InChI is InChI=1S/C28H34O2S/c1-4-7-8-9-10-23-20-26-25(28(5-2,6-3)17-18-31-26)19-24(23)16-13-21-11-14-22(15-12-21)27(29)30/h11-12,14-15,19-20H,4-10,17-18H2,1-3H3,(H,29,30). The highest BCUT2D eigenvalue weighted by Crippen LogP contribution is 2.47. The molecule has 0 saturated carbocycles. The Balaban J connectivity index is 1.98. The number of aryl methyl sites for hydroxylation is 1. The summed E-state index contributed by atoms with van der Waals surface area (Å²) in [6.45, 7) is 6.88. The van der Waals surface area contributed by atoms with E-state index in [0.29, 0.717) is 5.56 Å². The monoisotopic (exact) mass is 434 g/mol. The maximum atomic E-state index is 11.1. The first-order valence-corrected chi connectivity index (χ1v) is 12.7. The van der Waals surface area contributed by atoms with Gasteiger partial charge in [0.2, 0.25) is 0 Å². The Morgan fingerprint density at radius 2 is 1.77 bits per heavy atom. The molecular formula is C28H34O2S. The Kier molecular flexibility index (Phi) is 8.27. The molecule has 2 aromatic carbocycles. The van der Waals surface area contributed by atoms with Crippen LogP contribution >= 0.6 is 11.8 Å². The third-order valence-electron chi connectivity index (χ3n) is 6.74. The van der Waals surface area contributed by atoms with Gasteiger partial charge in [-0.25, -0.2) is 4.79 Å². The number of carboxylic acids is 1. The van der Waals surface area contributed by atoms with Crippen molar-refractivity contribution < 1.29 is 9.90 Å². The molecule has 0 saturated heterocycles. The normalized spacial score (nSPS) is 14.4. The van der Waals surface area contributed by atoms with Crippen LogP contribution in [0.25, 0.3) is 0 Å². The highest BCUT2D eigenvalue weighted by molar-refractivity contribution is 7.99. The van der Waals surface area contributed by atoms with Gasteiger partial charge in [-0.15, -0.1) is 11.8 Å². The van der Waals surface area contributed by atoms with Crippen molar-refractivity contribution in [1.29, 1.82) is 0 Å². The van der Waals surface area contributed by atoms with Crippen LogP contribution in [0.2, 0.25) is 0 Å². The van der Waals surface area contributed by atoms with E-state index in [2.05, 4.69) is 44.7 Å². The molecule has 1 N–H and O–H groups in total. The van der Waals surface area contributed by atoms with Crippen molar-refractivity contribution in [3.05, 3.63) is 64.2 Å². The highest BCUT2D eigenvalue weighted by Gasteiger charge is 2.34. The molecular weight excluding hydrogens is 400 g/mol. The van der Waals surface area contributed by atoms with Gasteiger partial charge in [0.15, 0.2) is 0 Å². The van der Waals surface area contributed by atoms with Crippen LogP contribution in [0.15, 0.2) is 41.3 Å². The summed E-state index contributed by atoms with van der Waals surface area (Å²) in [5, 5.41) is 9.11. The number of carboxylic acid groups (broad SMARTS) is 1. The second-order valence-electron chi connectivity index (χ2n) is 8.53. The van der Waals surface area contributed by atoms with Gasteiger partial charge in [-0.3, -0.25) is 0 Å². The number of fused-ring (bicyclic) bond motifs is 1. The van der Waals surface area contributed by atoms with Gasteiger partial charge in [0.25, 0.3) is 0 Å². The van der Waals surface area contributed by atoms with Crippen LogP contribution in [0.5, 0.6) is 0 Å². The molecule has 0 aliphatic carbocycles. The minimum absolute atomic E-state index is 0.265. The molecule has 0 bridgehead atoms. The Labute approximate surface area is 191 Å². The van der Waals surface area contributed by atoms with E-state index in [1.165, 1.54) is 53.9 Å². The summed E-state index contributed by atoms with van der Waals surface area (Å²) in [6.07, 6.45) is 9.62. The minimum atomic E-state index is -0.906. The number of thioether (sulfide) groups is 1. The first-order chi connectivity index (χ1) is 15.0. The largest absolute Gasteiger partial charge is 0.478 e. The lowest BCUT2D eigenvalue weighted by atomic mass is 9.72. The molecule has 0 atom stereocenters. The summed E-state index contributed by atoms with van der Waals surface area (Å²) >= 11 is 2.00. The van der Waals surface area contributed by atoms with Crippen LogP contribution < -0.4 is 0 Å². The molecule has 1 aliphatic heterocycles. The zero-order valence-electron chi connectivity index (χ0n) is 19.1. The summed E-state index contributed by atoms with van der Waals surface area (Å²) in [7, 11) is 0. The molecule has 2 aromatic rings. The molecule has 164 valence electrons. The molecule has 0 amide bonds. The fraction of sp³-hybridized carbons (Fsp3) is 0.464. The van der Waals surface area contributed by atoms with Crippen LogP contribution in [0.3, 0.4) is 0 Å². The highest BCUT2D eigenvalue weighted by atomic mass is 32.2. The Hall–Kier alpha value is -2.18. The van der Waals surface area contributed by atoms with Crippen molar-refractivity contribution >= 4 is 17.7 Å². The van der Waals surface area contributed by atoms with Crippen molar-refractivity contribution in [3.63, 3.8) is 0 Å². The molecule has 0 aromatic heterocycles.